The van der Waals surface area contributed by atoms with Gasteiger partial charge in [0, 0.05) is 18.1 Å². The zero-order valence-electron chi connectivity index (χ0n) is 14.1. The summed E-state index contributed by atoms with van der Waals surface area (Å²) in [6.45, 7) is 2.84. The van der Waals surface area contributed by atoms with Crippen LogP contribution in [0.2, 0.25) is 5.02 Å². The molecule has 0 radical (unpaired) electrons. The Balaban J connectivity index is 2.00. The Labute approximate surface area is 152 Å². The quantitative estimate of drug-likeness (QED) is 0.711. The van der Waals surface area contributed by atoms with Crippen LogP contribution in [0.15, 0.2) is 54.6 Å². The van der Waals surface area contributed by atoms with Crippen LogP contribution in [0.4, 0.5) is 4.79 Å². The molecule has 0 saturated carbocycles. The minimum absolute atomic E-state index is 0.381. The summed E-state index contributed by atoms with van der Waals surface area (Å²) in [5, 5.41) is 8.84. The molecular formula is C19H22ClN3O2. The number of benzene rings is 2. The van der Waals surface area contributed by atoms with Crippen LogP contribution in [-0.2, 0) is 11.2 Å². The largest absolute Gasteiger partial charge is 0.338 e. The number of urea groups is 1. The van der Waals surface area contributed by atoms with Gasteiger partial charge in [0.2, 0.25) is 5.91 Å². The summed E-state index contributed by atoms with van der Waals surface area (Å²) in [6.07, 6.45) is 0.745. The number of hydrogen-bond donors (Lipinski definition) is 3. The molecule has 6 heteroatoms. The van der Waals surface area contributed by atoms with Gasteiger partial charge in [-0.1, -0.05) is 54.1 Å². The zero-order chi connectivity index (χ0) is 18.1. The van der Waals surface area contributed by atoms with Crippen molar-refractivity contribution in [3.8, 4) is 0 Å². The lowest BCUT2D eigenvalue weighted by molar-refractivity contribution is -0.122. The number of nitrogens with one attached hydrogen (secondary N) is 3. The van der Waals surface area contributed by atoms with Gasteiger partial charge in [0.25, 0.3) is 0 Å². The maximum absolute atomic E-state index is 12.5. The molecular weight excluding hydrogens is 338 g/mol. The maximum Gasteiger partial charge on any atom is 0.321 e. The lowest BCUT2D eigenvalue weighted by Gasteiger charge is -2.18. The van der Waals surface area contributed by atoms with Gasteiger partial charge in [-0.15, -0.1) is 0 Å². The second kappa shape index (κ2) is 9.81. The van der Waals surface area contributed by atoms with Gasteiger partial charge in [-0.05, 0) is 36.6 Å². The van der Waals surface area contributed by atoms with E-state index in [1.807, 2.05) is 54.6 Å². The first-order valence-electron chi connectivity index (χ1n) is 8.21. The smallest absolute Gasteiger partial charge is 0.321 e. The van der Waals surface area contributed by atoms with Crippen molar-refractivity contribution in [2.75, 3.05) is 13.1 Å². The number of amides is 3. The van der Waals surface area contributed by atoms with Gasteiger partial charge < -0.3 is 10.6 Å². The first kappa shape index (κ1) is 19.0. The summed E-state index contributed by atoms with van der Waals surface area (Å²) in [5.74, 6) is -0.381. The lowest BCUT2D eigenvalue weighted by atomic mass is 10.1. The molecule has 3 amide bonds. The van der Waals surface area contributed by atoms with Crippen molar-refractivity contribution in [1.29, 1.82) is 0 Å². The highest BCUT2D eigenvalue weighted by molar-refractivity contribution is 6.30. The van der Waals surface area contributed by atoms with Gasteiger partial charge in [0.1, 0.15) is 6.04 Å². The minimum Gasteiger partial charge on any atom is -0.338 e. The monoisotopic (exact) mass is 359 g/mol. The van der Waals surface area contributed by atoms with Crippen LogP contribution in [0.25, 0.3) is 0 Å². The first-order valence-corrected chi connectivity index (χ1v) is 8.59. The molecule has 0 spiro atoms. The van der Waals surface area contributed by atoms with Crippen molar-refractivity contribution in [1.82, 2.24) is 16.0 Å². The summed E-state index contributed by atoms with van der Waals surface area (Å²) in [6, 6.07) is 15.8. The maximum atomic E-state index is 12.5. The predicted octanol–water partition coefficient (Wildman–Crippen LogP) is 3.06. The van der Waals surface area contributed by atoms with Gasteiger partial charge in [-0.3, -0.25) is 10.1 Å². The molecule has 0 unspecified atom stereocenters. The number of imide groups is 1. The van der Waals surface area contributed by atoms with E-state index in [1.54, 1.807) is 6.92 Å². The highest BCUT2D eigenvalue weighted by Crippen LogP contribution is 2.14. The molecule has 0 aliphatic carbocycles. The SMILES string of the molecule is CCNC(=O)NC(=O)[C@@H](NCCc1ccc(Cl)cc1)c1ccccc1. The van der Waals surface area contributed by atoms with E-state index in [1.165, 1.54) is 0 Å². The molecule has 2 aromatic rings. The van der Waals surface area contributed by atoms with Crippen LogP contribution in [0.5, 0.6) is 0 Å². The standard InChI is InChI=1S/C19H22ClN3O2/c1-2-21-19(25)23-18(24)17(15-6-4-3-5-7-15)22-13-12-14-8-10-16(20)11-9-14/h3-11,17,22H,2,12-13H2,1H3,(H2,21,23,24,25)/t17-/m0/s1. The summed E-state index contributed by atoms with van der Waals surface area (Å²) in [4.78, 5) is 24.1. The van der Waals surface area contributed by atoms with Crippen molar-refractivity contribution in [2.45, 2.75) is 19.4 Å². The normalized spacial score (nSPS) is 11.6. The van der Waals surface area contributed by atoms with Crippen LogP contribution in [0.3, 0.4) is 0 Å². The third-order valence-corrected chi connectivity index (χ3v) is 3.90. The fourth-order valence-corrected chi connectivity index (χ4v) is 2.53. The van der Waals surface area contributed by atoms with Crippen molar-refractivity contribution in [3.05, 3.63) is 70.7 Å². The highest BCUT2D eigenvalue weighted by atomic mass is 35.5. The molecule has 132 valence electrons. The second-order valence-electron chi connectivity index (χ2n) is 5.52. The summed E-state index contributed by atoms with van der Waals surface area (Å²) in [5.41, 5.74) is 1.92. The Morgan fingerprint density at radius 3 is 2.36 bits per heavy atom. The third-order valence-electron chi connectivity index (χ3n) is 3.64. The molecule has 0 aliphatic rings. The van der Waals surface area contributed by atoms with E-state index in [4.69, 9.17) is 11.6 Å². The van der Waals surface area contributed by atoms with Gasteiger partial charge in [-0.2, -0.15) is 0 Å². The average Bonchev–Trinajstić information content (AvgIpc) is 2.61. The lowest BCUT2D eigenvalue weighted by Crippen LogP contribution is -2.45. The van der Waals surface area contributed by atoms with E-state index in [2.05, 4.69) is 16.0 Å². The third kappa shape index (κ3) is 6.21. The Bertz CT molecular complexity index is 690. The van der Waals surface area contributed by atoms with Crippen LogP contribution in [-0.4, -0.2) is 25.0 Å². The fourth-order valence-electron chi connectivity index (χ4n) is 2.41. The highest BCUT2D eigenvalue weighted by Gasteiger charge is 2.21. The van der Waals surface area contributed by atoms with Crippen LogP contribution >= 0.6 is 11.6 Å². The van der Waals surface area contributed by atoms with Crippen molar-refractivity contribution >= 4 is 23.5 Å². The number of carbonyl (C=O) groups is 2. The molecule has 0 bridgehead atoms. The molecule has 0 fully saturated rings. The predicted molar refractivity (Wildman–Crippen MR) is 99.6 cm³/mol. The molecule has 5 nitrogen and oxygen atoms in total. The number of rotatable bonds is 7. The second-order valence-corrected chi connectivity index (χ2v) is 5.96. The molecule has 0 saturated heterocycles. The van der Waals surface area contributed by atoms with E-state index in [9.17, 15) is 9.59 Å². The molecule has 0 aliphatic heterocycles. The first-order chi connectivity index (χ1) is 12.1. The summed E-state index contributed by atoms with van der Waals surface area (Å²) in [7, 11) is 0. The zero-order valence-corrected chi connectivity index (χ0v) is 14.8. The van der Waals surface area contributed by atoms with Crippen molar-refractivity contribution in [3.63, 3.8) is 0 Å². The fraction of sp³-hybridized carbons (Fsp3) is 0.263. The topological polar surface area (TPSA) is 70.2 Å². The van der Waals surface area contributed by atoms with E-state index < -0.39 is 12.1 Å². The summed E-state index contributed by atoms with van der Waals surface area (Å²) >= 11 is 5.89. The number of carbonyl (C=O) groups excluding carboxylic acids is 2. The Morgan fingerprint density at radius 1 is 1.04 bits per heavy atom. The van der Waals surface area contributed by atoms with E-state index >= 15 is 0 Å². The Kier molecular flexibility index (Phi) is 7.44. The molecule has 3 N–H and O–H groups in total. The van der Waals surface area contributed by atoms with Crippen LogP contribution < -0.4 is 16.0 Å². The summed E-state index contributed by atoms with van der Waals surface area (Å²) < 4.78 is 0. The van der Waals surface area contributed by atoms with Crippen molar-refractivity contribution in [2.24, 2.45) is 0 Å². The van der Waals surface area contributed by atoms with E-state index in [0.29, 0.717) is 18.1 Å². The Hall–Kier alpha value is -2.37. The molecule has 2 aromatic carbocycles. The molecule has 2 rings (SSSR count). The van der Waals surface area contributed by atoms with Gasteiger partial charge in [0.15, 0.2) is 0 Å². The van der Waals surface area contributed by atoms with E-state index in [0.717, 1.165) is 17.5 Å². The minimum atomic E-state index is -0.601. The van der Waals surface area contributed by atoms with Crippen LogP contribution in [0.1, 0.15) is 24.1 Å². The number of halogens is 1. The molecule has 0 aromatic heterocycles. The average molecular weight is 360 g/mol. The van der Waals surface area contributed by atoms with Gasteiger partial charge in [0.05, 0.1) is 0 Å². The molecule has 0 heterocycles. The van der Waals surface area contributed by atoms with Crippen LogP contribution in [0, 0.1) is 0 Å². The van der Waals surface area contributed by atoms with Gasteiger partial charge >= 0.3 is 6.03 Å². The van der Waals surface area contributed by atoms with Crippen molar-refractivity contribution < 1.29 is 9.59 Å². The number of hydrogen-bond acceptors (Lipinski definition) is 3. The molecule has 1 atom stereocenters. The molecule has 25 heavy (non-hydrogen) atoms. The van der Waals surface area contributed by atoms with Gasteiger partial charge in [-0.25, -0.2) is 4.79 Å². The van der Waals surface area contributed by atoms with E-state index in [-0.39, 0.29) is 5.91 Å². The Morgan fingerprint density at radius 2 is 1.72 bits per heavy atom.